The molecule has 3 aromatic rings. The van der Waals surface area contributed by atoms with E-state index in [1.807, 2.05) is 48.7 Å². The lowest BCUT2D eigenvalue weighted by molar-refractivity contribution is 0.101. The Labute approximate surface area is 192 Å². The normalized spacial score (nSPS) is 16.6. The van der Waals surface area contributed by atoms with Crippen LogP contribution in [0.15, 0.2) is 65.3 Å². The highest BCUT2D eigenvalue weighted by Crippen LogP contribution is 2.23. The zero-order valence-corrected chi connectivity index (χ0v) is 19.3. The first-order valence-electron chi connectivity index (χ1n) is 11.1. The van der Waals surface area contributed by atoms with Crippen molar-refractivity contribution in [3.05, 3.63) is 76.4 Å². The van der Waals surface area contributed by atoms with Gasteiger partial charge in [-0.2, -0.15) is 0 Å². The van der Waals surface area contributed by atoms with Gasteiger partial charge in [-0.15, -0.1) is 0 Å². The SMILES string of the molecule is O=C(/C=C\c1cn(C[C@@H](O)CN2CCCCCC2)c2ccccc12)c1ccc(Br)cc1. The number of para-hydroxylation sites is 1. The molecule has 0 radical (unpaired) electrons. The van der Waals surface area contributed by atoms with Crippen LogP contribution in [0.5, 0.6) is 0 Å². The molecule has 1 atom stereocenters. The molecular formula is C26H29BrN2O2. The number of rotatable bonds is 7. The number of fused-ring (bicyclic) bond motifs is 1. The Morgan fingerprint density at radius 3 is 2.45 bits per heavy atom. The maximum atomic E-state index is 12.5. The quantitative estimate of drug-likeness (QED) is 0.356. The molecule has 0 bridgehead atoms. The van der Waals surface area contributed by atoms with E-state index in [1.165, 1.54) is 25.7 Å². The number of aliphatic hydroxyl groups is 1. The Morgan fingerprint density at radius 2 is 1.71 bits per heavy atom. The van der Waals surface area contributed by atoms with E-state index in [0.29, 0.717) is 18.7 Å². The molecule has 1 aliphatic rings. The number of carbonyl (C=O) groups excluding carboxylic acids is 1. The van der Waals surface area contributed by atoms with Crippen molar-refractivity contribution in [3.8, 4) is 0 Å². The van der Waals surface area contributed by atoms with E-state index in [0.717, 1.165) is 34.0 Å². The number of aromatic nitrogens is 1. The molecule has 1 aliphatic heterocycles. The van der Waals surface area contributed by atoms with Crippen molar-refractivity contribution in [3.63, 3.8) is 0 Å². The monoisotopic (exact) mass is 480 g/mol. The number of aliphatic hydroxyl groups excluding tert-OH is 1. The number of benzene rings is 2. The molecular weight excluding hydrogens is 452 g/mol. The fourth-order valence-electron chi connectivity index (χ4n) is 4.34. The largest absolute Gasteiger partial charge is 0.390 e. The van der Waals surface area contributed by atoms with Crippen LogP contribution in [-0.2, 0) is 6.54 Å². The summed E-state index contributed by atoms with van der Waals surface area (Å²) < 4.78 is 3.07. The first-order chi connectivity index (χ1) is 15.1. The van der Waals surface area contributed by atoms with E-state index in [2.05, 4.69) is 37.5 Å². The molecule has 0 amide bonds. The number of carbonyl (C=O) groups is 1. The van der Waals surface area contributed by atoms with Gasteiger partial charge in [-0.25, -0.2) is 0 Å². The van der Waals surface area contributed by atoms with Gasteiger partial charge in [0.2, 0.25) is 0 Å². The lowest BCUT2D eigenvalue weighted by Gasteiger charge is -2.23. The van der Waals surface area contributed by atoms with Crippen LogP contribution in [0.1, 0.15) is 41.6 Å². The summed E-state index contributed by atoms with van der Waals surface area (Å²) in [5.41, 5.74) is 2.73. The fourth-order valence-corrected chi connectivity index (χ4v) is 4.60. The van der Waals surface area contributed by atoms with Gasteiger partial charge in [0, 0.05) is 45.8 Å². The van der Waals surface area contributed by atoms with Gasteiger partial charge in [0.25, 0.3) is 0 Å². The van der Waals surface area contributed by atoms with E-state index in [-0.39, 0.29) is 5.78 Å². The van der Waals surface area contributed by atoms with Crippen molar-refractivity contribution in [2.24, 2.45) is 0 Å². The Hall–Kier alpha value is -2.21. The van der Waals surface area contributed by atoms with Crippen molar-refractivity contribution >= 4 is 38.7 Å². The van der Waals surface area contributed by atoms with Crippen LogP contribution in [0, 0.1) is 0 Å². The summed E-state index contributed by atoms with van der Waals surface area (Å²) in [6.07, 6.45) is 10.2. The van der Waals surface area contributed by atoms with Crippen LogP contribution in [0.25, 0.3) is 17.0 Å². The summed E-state index contributed by atoms with van der Waals surface area (Å²) in [6.45, 7) is 3.41. The molecule has 1 fully saturated rings. The van der Waals surface area contributed by atoms with Gasteiger partial charge < -0.3 is 14.6 Å². The van der Waals surface area contributed by atoms with Crippen molar-refractivity contribution < 1.29 is 9.90 Å². The number of nitrogens with zero attached hydrogens (tertiary/aromatic N) is 2. The van der Waals surface area contributed by atoms with Crippen LogP contribution in [-0.4, -0.2) is 46.1 Å². The van der Waals surface area contributed by atoms with Gasteiger partial charge in [-0.05, 0) is 68.4 Å². The number of hydrogen-bond donors (Lipinski definition) is 1. The van der Waals surface area contributed by atoms with Crippen LogP contribution in [0.4, 0.5) is 0 Å². The third kappa shape index (κ3) is 5.73. The number of β-amino-alcohol motifs (C(OH)–C–C–N with tert-alkyl or cyclic N) is 1. The molecule has 0 aliphatic carbocycles. The average molecular weight is 481 g/mol. The number of halogens is 1. The molecule has 162 valence electrons. The Balaban J connectivity index is 1.50. The molecule has 0 spiro atoms. The Bertz CT molecular complexity index is 1050. The van der Waals surface area contributed by atoms with Gasteiger partial charge in [0.05, 0.1) is 6.10 Å². The maximum absolute atomic E-state index is 12.5. The minimum Gasteiger partial charge on any atom is -0.390 e. The second kappa shape index (κ2) is 10.4. The summed E-state index contributed by atoms with van der Waals surface area (Å²) in [6, 6.07) is 15.5. The lowest BCUT2D eigenvalue weighted by Crippen LogP contribution is -2.35. The summed E-state index contributed by atoms with van der Waals surface area (Å²) in [5, 5.41) is 11.9. The molecule has 4 rings (SSSR count). The van der Waals surface area contributed by atoms with Crippen molar-refractivity contribution in [2.75, 3.05) is 19.6 Å². The average Bonchev–Trinajstić information content (AvgIpc) is 2.93. The standard InChI is InChI=1S/C26H29BrN2O2/c27-22-12-9-20(10-13-22)26(31)14-11-21-17-29(25-8-4-3-7-24(21)25)19-23(30)18-28-15-5-1-2-6-16-28/h3-4,7-14,17,23,30H,1-2,5-6,15-16,18-19H2/b14-11-/t23-/m0/s1. The number of hydrogen-bond acceptors (Lipinski definition) is 3. The molecule has 2 aromatic carbocycles. The molecule has 2 heterocycles. The Kier molecular flexibility index (Phi) is 7.38. The second-order valence-electron chi connectivity index (χ2n) is 8.33. The number of likely N-dealkylation sites (tertiary alicyclic amines) is 1. The van der Waals surface area contributed by atoms with Crippen LogP contribution >= 0.6 is 15.9 Å². The van der Waals surface area contributed by atoms with E-state index < -0.39 is 6.10 Å². The summed E-state index contributed by atoms with van der Waals surface area (Å²) >= 11 is 3.40. The first-order valence-corrected chi connectivity index (χ1v) is 11.9. The topological polar surface area (TPSA) is 45.5 Å². The number of ketones is 1. The predicted octanol–water partition coefficient (Wildman–Crippen LogP) is 5.54. The molecule has 31 heavy (non-hydrogen) atoms. The summed E-state index contributed by atoms with van der Waals surface area (Å²) in [4.78, 5) is 14.9. The van der Waals surface area contributed by atoms with Crippen LogP contribution in [0.3, 0.4) is 0 Å². The van der Waals surface area contributed by atoms with Gasteiger partial charge in [-0.1, -0.05) is 47.0 Å². The zero-order chi connectivity index (χ0) is 21.6. The molecule has 1 aromatic heterocycles. The van der Waals surface area contributed by atoms with Crippen LogP contribution in [0.2, 0.25) is 0 Å². The first kappa shape index (κ1) is 22.0. The fraction of sp³-hybridized carbons (Fsp3) is 0.346. The molecule has 4 nitrogen and oxygen atoms in total. The van der Waals surface area contributed by atoms with Gasteiger partial charge in [0.1, 0.15) is 0 Å². The smallest absolute Gasteiger partial charge is 0.185 e. The minimum atomic E-state index is -0.421. The maximum Gasteiger partial charge on any atom is 0.185 e. The van der Waals surface area contributed by atoms with E-state index in [4.69, 9.17) is 0 Å². The van der Waals surface area contributed by atoms with Gasteiger partial charge in [-0.3, -0.25) is 4.79 Å². The van der Waals surface area contributed by atoms with Gasteiger partial charge in [0.15, 0.2) is 5.78 Å². The lowest BCUT2D eigenvalue weighted by atomic mass is 10.1. The second-order valence-corrected chi connectivity index (χ2v) is 9.24. The summed E-state index contributed by atoms with van der Waals surface area (Å²) in [7, 11) is 0. The van der Waals surface area contributed by atoms with Crippen molar-refractivity contribution in [1.29, 1.82) is 0 Å². The molecule has 1 N–H and O–H groups in total. The highest BCUT2D eigenvalue weighted by molar-refractivity contribution is 9.10. The van der Waals surface area contributed by atoms with E-state index in [1.54, 1.807) is 6.08 Å². The summed E-state index contributed by atoms with van der Waals surface area (Å²) in [5.74, 6) is -0.0227. The van der Waals surface area contributed by atoms with Gasteiger partial charge >= 0.3 is 0 Å². The highest BCUT2D eigenvalue weighted by atomic mass is 79.9. The molecule has 0 saturated carbocycles. The molecule has 1 saturated heterocycles. The third-order valence-electron chi connectivity index (χ3n) is 5.94. The number of allylic oxidation sites excluding steroid dienone is 1. The predicted molar refractivity (Wildman–Crippen MR) is 130 cm³/mol. The van der Waals surface area contributed by atoms with E-state index in [9.17, 15) is 9.90 Å². The third-order valence-corrected chi connectivity index (χ3v) is 6.47. The van der Waals surface area contributed by atoms with Crippen molar-refractivity contribution in [1.82, 2.24) is 9.47 Å². The minimum absolute atomic E-state index is 0.0227. The zero-order valence-electron chi connectivity index (χ0n) is 17.7. The van der Waals surface area contributed by atoms with E-state index >= 15 is 0 Å². The highest BCUT2D eigenvalue weighted by Gasteiger charge is 2.16. The molecule has 0 unspecified atom stereocenters. The van der Waals surface area contributed by atoms with Crippen LogP contribution < -0.4 is 0 Å². The van der Waals surface area contributed by atoms with Crippen molar-refractivity contribution in [2.45, 2.75) is 38.3 Å². The Morgan fingerprint density at radius 1 is 1.00 bits per heavy atom. The molecule has 5 heteroatoms.